The van der Waals surface area contributed by atoms with Crippen molar-refractivity contribution >= 4 is 44.9 Å². The Hall–Kier alpha value is -2.58. The summed E-state index contributed by atoms with van der Waals surface area (Å²) >= 11 is 6.07. The average molecular weight is 411 g/mol. The second kappa shape index (κ2) is 8.41. The van der Waals surface area contributed by atoms with Crippen LogP contribution in [0.15, 0.2) is 42.5 Å². The number of esters is 1. The molecule has 9 heteroatoms. The van der Waals surface area contributed by atoms with Crippen LogP contribution in [0.4, 0.5) is 11.4 Å². The number of halogens is 1. The number of hydrogen-bond acceptors (Lipinski definition) is 5. The van der Waals surface area contributed by atoms with E-state index in [4.69, 9.17) is 11.6 Å². The van der Waals surface area contributed by atoms with Crippen molar-refractivity contribution < 1.29 is 22.7 Å². The van der Waals surface area contributed by atoms with Crippen LogP contribution in [0.2, 0.25) is 5.02 Å². The number of carbonyl (C=O) groups excluding carboxylic acids is 2. The lowest BCUT2D eigenvalue weighted by atomic mass is 10.2. The van der Waals surface area contributed by atoms with Gasteiger partial charge in [-0.3, -0.25) is 9.10 Å². The Bertz CT molecular complexity index is 975. The minimum atomic E-state index is -3.74. The number of ether oxygens (including phenoxy) is 1. The van der Waals surface area contributed by atoms with Gasteiger partial charge >= 0.3 is 5.97 Å². The van der Waals surface area contributed by atoms with Gasteiger partial charge in [0.2, 0.25) is 15.9 Å². The molecule has 0 unspecified atom stereocenters. The largest absolute Gasteiger partial charge is 0.465 e. The Morgan fingerprint density at radius 2 is 1.85 bits per heavy atom. The number of hydrogen-bond donors (Lipinski definition) is 1. The molecule has 0 saturated carbocycles. The number of rotatable bonds is 6. The number of anilines is 2. The lowest BCUT2D eigenvalue weighted by Gasteiger charge is -2.22. The summed E-state index contributed by atoms with van der Waals surface area (Å²) in [7, 11) is -2.51. The summed E-state index contributed by atoms with van der Waals surface area (Å²) in [5.41, 5.74) is 1.44. The second-order valence-electron chi connectivity index (χ2n) is 5.79. The zero-order valence-corrected chi connectivity index (χ0v) is 16.6. The van der Waals surface area contributed by atoms with E-state index in [-0.39, 0.29) is 16.9 Å². The molecule has 0 saturated heterocycles. The summed E-state index contributed by atoms with van der Waals surface area (Å²) in [6.45, 7) is 1.31. The lowest BCUT2D eigenvalue weighted by molar-refractivity contribution is -0.114. The highest BCUT2D eigenvalue weighted by atomic mass is 35.5. The molecule has 0 fully saturated rings. The van der Waals surface area contributed by atoms with Gasteiger partial charge in [-0.05, 0) is 36.8 Å². The first-order valence-corrected chi connectivity index (χ1v) is 10.1. The van der Waals surface area contributed by atoms with E-state index < -0.39 is 28.4 Å². The molecule has 7 nitrogen and oxygen atoms in total. The Labute approximate surface area is 162 Å². The Balaban J connectivity index is 2.28. The molecule has 1 amide bonds. The minimum Gasteiger partial charge on any atom is -0.465 e. The topological polar surface area (TPSA) is 92.8 Å². The smallest absolute Gasteiger partial charge is 0.339 e. The molecule has 0 heterocycles. The van der Waals surface area contributed by atoms with Crippen molar-refractivity contribution in [1.29, 1.82) is 0 Å². The van der Waals surface area contributed by atoms with Crippen molar-refractivity contribution in [3.05, 3.63) is 58.6 Å². The third-order valence-corrected chi connectivity index (χ3v) is 5.29. The van der Waals surface area contributed by atoms with Gasteiger partial charge in [0.15, 0.2) is 0 Å². The molecule has 0 aromatic heterocycles. The van der Waals surface area contributed by atoms with E-state index in [0.717, 1.165) is 16.1 Å². The van der Waals surface area contributed by atoms with E-state index in [1.165, 1.54) is 25.3 Å². The molecule has 0 atom stereocenters. The molecular weight excluding hydrogens is 392 g/mol. The maximum Gasteiger partial charge on any atom is 0.339 e. The molecule has 2 aromatic carbocycles. The zero-order chi connectivity index (χ0) is 20.2. The maximum absolute atomic E-state index is 12.5. The molecule has 0 aliphatic heterocycles. The Morgan fingerprint density at radius 1 is 1.19 bits per heavy atom. The molecule has 2 rings (SSSR count). The number of amides is 1. The van der Waals surface area contributed by atoms with Gasteiger partial charge in [-0.15, -0.1) is 0 Å². The number of methoxy groups -OCH3 is 1. The zero-order valence-electron chi connectivity index (χ0n) is 15.0. The van der Waals surface area contributed by atoms with Crippen molar-refractivity contribution in [2.24, 2.45) is 0 Å². The standard InChI is InChI=1S/C18H19ClN2O5S/c1-12-8-9-13(10-15(12)19)21(27(3,24)25)11-17(22)20-16-7-5-4-6-14(16)18(23)26-2/h4-10H,11H2,1-3H3,(H,20,22). The van der Waals surface area contributed by atoms with Crippen LogP contribution in [-0.4, -0.2) is 40.2 Å². The van der Waals surface area contributed by atoms with E-state index in [9.17, 15) is 18.0 Å². The number of para-hydroxylation sites is 1. The molecule has 0 radical (unpaired) electrons. The summed E-state index contributed by atoms with van der Waals surface area (Å²) in [6, 6.07) is 11.0. The summed E-state index contributed by atoms with van der Waals surface area (Å²) in [5, 5.41) is 2.93. The van der Waals surface area contributed by atoms with Crippen molar-refractivity contribution in [2.45, 2.75) is 6.92 Å². The van der Waals surface area contributed by atoms with Gasteiger partial charge < -0.3 is 10.1 Å². The van der Waals surface area contributed by atoms with Crippen LogP contribution in [-0.2, 0) is 19.6 Å². The van der Waals surface area contributed by atoms with Crippen LogP contribution in [0.25, 0.3) is 0 Å². The predicted octanol–water partition coefficient (Wildman–Crippen LogP) is 2.84. The highest BCUT2D eigenvalue weighted by Gasteiger charge is 2.22. The molecule has 0 aliphatic carbocycles. The first-order chi connectivity index (χ1) is 12.6. The first-order valence-electron chi connectivity index (χ1n) is 7.84. The molecule has 0 aliphatic rings. The fourth-order valence-corrected chi connectivity index (χ4v) is 3.36. The molecular formula is C18H19ClN2O5S. The van der Waals surface area contributed by atoms with Crippen LogP contribution in [0, 0.1) is 6.92 Å². The molecule has 0 spiro atoms. The van der Waals surface area contributed by atoms with Gasteiger partial charge in [0.1, 0.15) is 6.54 Å². The van der Waals surface area contributed by atoms with Crippen LogP contribution in [0.1, 0.15) is 15.9 Å². The summed E-state index contributed by atoms with van der Waals surface area (Å²) in [4.78, 5) is 24.2. The van der Waals surface area contributed by atoms with E-state index in [1.54, 1.807) is 31.2 Å². The van der Waals surface area contributed by atoms with E-state index >= 15 is 0 Å². The molecule has 2 aromatic rings. The fraction of sp³-hybridized carbons (Fsp3) is 0.222. The van der Waals surface area contributed by atoms with Gasteiger partial charge in [0.25, 0.3) is 0 Å². The highest BCUT2D eigenvalue weighted by molar-refractivity contribution is 7.92. The number of aryl methyl sites for hydroxylation is 1. The normalized spacial score (nSPS) is 11.0. The average Bonchev–Trinajstić information content (AvgIpc) is 2.61. The third-order valence-electron chi connectivity index (χ3n) is 3.74. The molecule has 0 bridgehead atoms. The van der Waals surface area contributed by atoms with Gasteiger partial charge in [-0.1, -0.05) is 29.8 Å². The summed E-state index contributed by atoms with van der Waals surface area (Å²) in [6.07, 6.45) is 0.996. The van der Waals surface area contributed by atoms with E-state index in [2.05, 4.69) is 10.1 Å². The van der Waals surface area contributed by atoms with Crippen LogP contribution >= 0.6 is 11.6 Å². The van der Waals surface area contributed by atoms with Gasteiger partial charge in [-0.25, -0.2) is 13.2 Å². The minimum absolute atomic E-state index is 0.164. The van der Waals surface area contributed by atoms with E-state index in [1.807, 2.05) is 0 Å². The van der Waals surface area contributed by atoms with Gasteiger partial charge in [0.05, 0.1) is 30.3 Å². The number of benzene rings is 2. The van der Waals surface area contributed by atoms with Crippen LogP contribution in [0.3, 0.4) is 0 Å². The van der Waals surface area contributed by atoms with E-state index in [0.29, 0.717) is 5.02 Å². The van der Waals surface area contributed by atoms with Crippen molar-refractivity contribution in [3.8, 4) is 0 Å². The number of nitrogens with one attached hydrogen (secondary N) is 1. The molecule has 27 heavy (non-hydrogen) atoms. The monoisotopic (exact) mass is 410 g/mol. The van der Waals surface area contributed by atoms with Crippen LogP contribution < -0.4 is 9.62 Å². The number of carbonyl (C=O) groups is 2. The lowest BCUT2D eigenvalue weighted by Crippen LogP contribution is -2.37. The predicted molar refractivity (Wildman–Crippen MR) is 105 cm³/mol. The van der Waals surface area contributed by atoms with Gasteiger partial charge in [0, 0.05) is 5.02 Å². The number of sulfonamides is 1. The summed E-state index contributed by atoms with van der Waals surface area (Å²) in [5.74, 6) is -1.23. The third kappa shape index (κ3) is 5.21. The Morgan fingerprint density at radius 3 is 2.44 bits per heavy atom. The SMILES string of the molecule is COC(=O)c1ccccc1NC(=O)CN(c1ccc(C)c(Cl)c1)S(C)(=O)=O. The van der Waals surface area contributed by atoms with Crippen molar-refractivity contribution in [1.82, 2.24) is 0 Å². The maximum atomic E-state index is 12.5. The second-order valence-corrected chi connectivity index (χ2v) is 8.10. The summed E-state index contributed by atoms with van der Waals surface area (Å²) < 4.78 is 29.9. The fourth-order valence-electron chi connectivity index (χ4n) is 2.34. The molecule has 1 N–H and O–H groups in total. The number of nitrogens with zero attached hydrogens (tertiary/aromatic N) is 1. The van der Waals surface area contributed by atoms with Gasteiger partial charge in [-0.2, -0.15) is 0 Å². The van der Waals surface area contributed by atoms with Crippen LogP contribution in [0.5, 0.6) is 0 Å². The van der Waals surface area contributed by atoms with Crippen molar-refractivity contribution in [2.75, 3.05) is 29.5 Å². The molecule has 144 valence electrons. The first kappa shape index (κ1) is 20.7. The quantitative estimate of drug-likeness (QED) is 0.739. The van der Waals surface area contributed by atoms with Crippen molar-refractivity contribution in [3.63, 3.8) is 0 Å². The Kier molecular flexibility index (Phi) is 6.45. The highest BCUT2D eigenvalue weighted by Crippen LogP contribution is 2.25.